The Labute approximate surface area is 142 Å². The van der Waals surface area contributed by atoms with Crippen LogP contribution in [0.2, 0.25) is 0 Å². The number of carbonyl (C=O) groups is 1. The number of amides is 1. The molecule has 24 heavy (non-hydrogen) atoms. The number of benzene rings is 1. The van der Waals surface area contributed by atoms with Gasteiger partial charge < -0.3 is 14.8 Å². The lowest BCUT2D eigenvalue weighted by molar-refractivity contribution is -0.116. The number of methoxy groups -OCH3 is 1. The summed E-state index contributed by atoms with van der Waals surface area (Å²) in [6.45, 7) is 3.09. The number of ether oxygens (including phenoxy) is 2. The van der Waals surface area contributed by atoms with Crippen molar-refractivity contribution < 1.29 is 14.3 Å². The Hall–Kier alpha value is -2.82. The van der Waals surface area contributed by atoms with Crippen molar-refractivity contribution in [2.24, 2.45) is 0 Å². The Balaban J connectivity index is 1.94. The molecule has 0 unspecified atom stereocenters. The normalized spacial score (nSPS) is 10.6. The van der Waals surface area contributed by atoms with Gasteiger partial charge in [-0.3, -0.25) is 9.78 Å². The van der Waals surface area contributed by atoms with Crippen LogP contribution in [-0.4, -0.2) is 24.6 Å². The van der Waals surface area contributed by atoms with E-state index >= 15 is 0 Å². The van der Waals surface area contributed by atoms with Gasteiger partial charge in [-0.2, -0.15) is 0 Å². The van der Waals surface area contributed by atoms with Crippen molar-refractivity contribution in [3.63, 3.8) is 0 Å². The van der Waals surface area contributed by atoms with E-state index in [0.717, 1.165) is 17.7 Å². The maximum atomic E-state index is 11.9. The lowest BCUT2D eigenvalue weighted by atomic mass is 10.2. The van der Waals surface area contributed by atoms with Crippen LogP contribution in [0.4, 0.5) is 0 Å². The summed E-state index contributed by atoms with van der Waals surface area (Å²) in [6.07, 6.45) is 5.86. The van der Waals surface area contributed by atoms with Crippen LogP contribution in [0.5, 0.6) is 11.5 Å². The first-order valence-electron chi connectivity index (χ1n) is 7.89. The van der Waals surface area contributed by atoms with Crippen LogP contribution in [0.3, 0.4) is 0 Å². The van der Waals surface area contributed by atoms with E-state index in [1.807, 2.05) is 43.3 Å². The fourth-order valence-electron chi connectivity index (χ4n) is 2.03. The number of rotatable bonds is 8. The van der Waals surface area contributed by atoms with Gasteiger partial charge in [-0.25, -0.2) is 0 Å². The lowest BCUT2D eigenvalue weighted by Gasteiger charge is -2.10. The molecule has 1 amide bonds. The third kappa shape index (κ3) is 5.43. The number of hydrogen-bond donors (Lipinski definition) is 1. The minimum Gasteiger partial charge on any atom is -0.493 e. The molecule has 1 aromatic heterocycles. The van der Waals surface area contributed by atoms with Crippen LogP contribution < -0.4 is 14.8 Å². The molecule has 0 atom stereocenters. The standard InChI is InChI=1S/C19H22N2O3/c1-3-12-24-17-9-7-15(13-18(17)23-2)8-10-19(22)21-14-16-6-4-5-11-20-16/h4-11,13H,3,12,14H2,1-2H3,(H,21,22)/b10-8+. The van der Waals surface area contributed by atoms with E-state index in [-0.39, 0.29) is 5.91 Å². The third-order valence-corrected chi connectivity index (χ3v) is 3.25. The lowest BCUT2D eigenvalue weighted by Crippen LogP contribution is -2.20. The Morgan fingerprint density at radius 1 is 1.25 bits per heavy atom. The molecule has 126 valence electrons. The fraction of sp³-hybridized carbons (Fsp3) is 0.263. The molecular weight excluding hydrogens is 304 g/mol. The van der Waals surface area contributed by atoms with E-state index in [1.54, 1.807) is 19.4 Å². The maximum absolute atomic E-state index is 11.9. The summed E-state index contributed by atoms with van der Waals surface area (Å²) in [5.74, 6) is 1.18. The van der Waals surface area contributed by atoms with Crippen molar-refractivity contribution in [2.75, 3.05) is 13.7 Å². The molecule has 0 saturated carbocycles. The highest BCUT2D eigenvalue weighted by atomic mass is 16.5. The van der Waals surface area contributed by atoms with E-state index < -0.39 is 0 Å². The smallest absolute Gasteiger partial charge is 0.244 e. The van der Waals surface area contributed by atoms with Crippen molar-refractivity contribution >= 4 is 12.0 Å². The van der Waals surface area contributed by atoms with Gasteiger partial charge >= 0.3 is 0 Å². The number of nitrogens with zero attached hydrogens (tertiary/aromatic N) is 1. The number of aromatic nitrogens is 1. The molecule has 1 aromatic carbocycles. The highest BCUT2D eigenvalue weighted by Gasteiger charge is 2.04. The largest absolute Gasteiger partial charge is 0.493 e. The van der Waals surface area contributed by atoms with Gasteiger partial charge in [0.1, 0.15) is 0 Å². The summed E-state index contributed by atoms with van der Waals surface area (Å²) in [5, 5.41) is 2.79. The van der Waals surface area contributed by atoms with E-state index in [2.05, 4.69) is 10.3 Å². The molecule has 5 heteroatoms. The van der Waals surface area contributed by atoms with Crippen molar-refractivity contribution in [3.05, 3.63) is 59.9 Å². The Morgan fingerprint density at radius 3 is 2.83 bits per heavy atom. The van der Waals surface area contributed by atoms with Gasteiger partial charge in [0.05, 0.1) is 26.0 Å². The van der Waals surface area contributed by atoms with Crippen LogP contribution in [0.25, 0.3) is 6.08 Å². The Kier molecular flexibility index (Phi) is 6.83. The zero-order valence-electron chi connectivity index (χ0n) is 14.0. The molecule has 0 aliphatic heterocycles. The van der Waals surface area contributed by atoms with E-state index in [9.17, 15) is 4.79 Å². The molecule has 1 N–H and O–H groups in total. The number of pyridine rings is 1. The molecule has 0 spiro atoms. The molecular formula is C19H22N2O3. The molecule has 1 heterocycles. The van der Waals surface area contributed by atoms with Crippen LogP contribution in [-0.2, 0) is 11.3 Å². The topological polar surface area (TPSA) is 60.5 Å². The monoisotopic (exact) mass is 326 g/mol. The van der Waals surface area contributed by atoms with Crippen LogP contribution in [0.1, 0.15) is 24.6 Å². The molecule has 0 aliphatic rings. The summed E-state index contributed by atoms with van der Waals surface area (Å²) in [5.41, 5.74) is 1.68. The third-order valence-electron chi connectivity index (χ3n) is 3.25. The number of hydrogen-bond acceptors (Lipinski definition) is 4. The van der Waals surface area contributed by atoms with E-state index in [4.69, 9.17) is 9.47 Å². The SMILES string of the molecule is CCCOc1ccc(/C=C/C(=O)NCc2ccccn2)cc1OC. The van der Waals surface area contributed by atoms with Crippen LogP contribution >= 0.6 is 0 Å². The van der Waals surface area contributed by atoms with Crippen molar-refractivity contribution in [2.45, 2.75) is 19.9 Å². The van der Waals surface area contributed by atoms with Crippen molar-refractivity contribution in [3.8, 4) is 11.5 Å². The second kappa shape index (κ2) is 9.35. The summed E-state index contributed by atoms with van der Waals surface area (Å²) in [6, 6.07) is 11.2. The first kappa shape index (κ1) is 17.5. The first-order valence-corrected chi connectivity index (χ1v) is 7.89. The van der Waals surface area contributed by atoms with E-state index in [1.165, 1.54) is 6.08 Å². The van der Waals surface area contributed by atoms with Gasteiger partial charge in [0.25, 0.3) is 0 Å². The zero-order valence-corrected chi connectivity index (χ0v) is 14.0. The molecule has 2 aromatic rings. The average Bonchev–Trinajstić information content (AvgIpc) is 2.64. The number of nitrogens with one attached hydrogen (secondary N) is 1. The molecule has 0 aliphatic carbocycles. The zero-order chi connectivity index (χ0) is 17.2. The molecule has 2 rings (SSSR count). The van der Waals surface area contributed by atoms with Crippen molar-refractivity contribution in [1.29, 1.82) is 0 Å². The molecule has 0 saturated heterocycles. The Morgan fingerprint density at radius 2 is 2.12 bits per heavy atom. The first-order chi connectivity index (χ1) is 11.7. The minimum absolute atomic E-state index is 0.175. The predicted octanol–water partition coefficient (Wildman–Crippen LogP) is 3.21. The minimum atomic E-state index is -0.175. The number of carbonyl (C=O) groups excluding carboxylic acids is 1. The van der Waals surface area contributed by atoms with Crippen molar-refractivity contribution in [1.82, 2.24) is 10.3 Å². The van der Waals surface area contributed by atoms with Gasteiger partial charge in [-0.05, 0) is 42.3 Å². The highest BCUT2D eigenvalue weighted by molar-refractivity contribution is 5.91. The van der Waals surface area contributed by atoms with Gasteiger partial charge in [-0.1, -0.05) is 19.1 Å². The van der Waals surface area contributed by atoms with E-state index in [0.29, 0.717) is 24.7 Å². The summed E-state index contributed by atoms with van der Waals surface area (Å²) < 4.78 is 10.9. The van der Waals surface area contributed by atoms with Crippen LogP contribution in [0.15, 0.2) is 48.7 Å². The molecule has 0 bridgehead atoms. The van der Waals surface area contributed by atoms with Gasteiger partial charge in [0.2, 0.25) is 5.91 Å². The van der Waals surface area contributed by atoms with Gasteiger partial charge in [0.15, 0.2) is 11.5 Å². The quantitative estimate of drug-likeness (QED) is 0.757. The molecule has 0 radical (unpaired) electrons. The van der Waals surface area contributed by atoms with Gasteiger partial charge in [-0.15, -0.1) is 0 Å². The summed E-state index contributed by atoms with van der Waals surface area (Å²) in [7, 11) is 1.60. The second-order valence-electron chi connectivity index (χ2n) is 5.13. The summed E-state index contributed by atoms with van der Waals surface area (Å²) >= 11 is 0. The van der Waals surface area contributed by atoms with Crippen LogP contribution in [0, 0.1) is 0 Å². The second-order valence-corrected chi connectivity index (χ2v) is 5.13. The molecule has 0 fully saturated rings. The molecule has 5 nitrogen and oxygen atoms in total. The van der Waals surface area contributed by atoms with Gasteiger partial charge in [0, 0.05) is 12.3 Å². The Bertz CT molecular complexity index is 684. The summed E-state index contributed by atoms with van der Waals surface area (Å²) in [4.78, 5) is 16.0. The maximum Gasteiger partial charge on any atom is 0.244 e. The predicted molar refractivity (Wildman–Crippen MR) is 93.9 cm³/mol. The highest BCUT2D eigenvalue weighted by Crippen LogP contribution is 2.28. The fourth-order valence-corrected chi connectivity index (χ4v) is 2.03. The average molecular weight is 326 g/mol.